The summed E-state index contributed by atoms with van der Waals surface area (Å²) in [6.45, 7) is 8.55. The minimum absolute atomic E-state index is 0.113. The lowest BCUT2D eigenvalue weighted by molar-refractivity contribution is 0.362. The van der Waals surface area contributed by atoms with Crippen molar-refractivity contribution in [2.75, 3.05) is 0 Å². The molecule has 226 valence electrons. The zero-order valence-corrected chi connectivity index (χ0v) is 27.7. The highest BCUT2D eigenvalue weighted by molar-refractivity contribution is 14.1. The highest BCUT2D eigenvalue weighted by Gasteiger charge is 2.40. The lowest BCUT2D eigenvalue weighted by Gasteiger charge is -2.40. The van der Waals surface area contributed by atoms with E-state index in [2.05, 4.69) is 86.7 Å². The Morgan fingerprint density at radius 3 is 1.70 bits per heavy atom. The van der Waals surface area contributed by atoms with E-state index in [9.17, 15) is 20.4 Å². The molecule has 0 fully saturated rings. The molecule has 0 bridgehead atoms. The van der Waals surface area contributed by atoms with E-state index >= 15 is 0 Å². The van der Waals surface area contributed by atoms with E-state index in [1.165, 1.54) is 0 Å². The monoisotopic (exact) mass is 698 g/mol. The van der Waals surface area contributed by atoms with Crippen molar-refractivity contribution in [3.05, 3.63) is 129 Å². The van der Waals surface area contributed by atoms with E-state index in [-0.39, 0.29) is 34.8 Å². The number of phenolic OH excluding ortho intramolecular Hbond substituents is 4. The molecule has 5 aromatic carbocycles. The van der Waals surface area contributed by atoms with Gasteiger partial charge in [0.2, 0.25) is 0 Å². The van der Waals surface area contributed by atoms with E-state index in [1.54, 1.807) is 30.3 Å². The Hall–Kier alpha value is -3.97. The molecule has 0 saturated carbocycles. The van der Waals surface area contributed by atoms with Crippen molar-refractivity contribution in [3.8, 4) is 45.3 Å². The van der Waals surface area contributed by atoms with Crippen LogP contribution in [0.15, 0.2) is 103 Å². The predicted octanol–water partition coefficient (Wildman–Crippen LogP) is 10.5. The van der Waals surface area contributed by atoms with Crippen LogP contribution in [-0.2, 0) is 5.41 Å². The first kappa shape index (κ1) is 31.5. The van der Waals surface area contributed by atoms with Gasteiger partial charge in [0.1, 0.15) is 23.0 Å². The average molecular weight is 699 g/mol. The van der Waals surface area contributed by atoms with Gasteiger partial charge in [0, 0.05) is 26.0 Å². The highest BCUT2D eigenvalue weighted by Crippen LogP contribution is 2.53. The van der Waals surface area contributed by atoms with Crippen LogP contribution in [0, 0.1) is 3.57 Å². The Morgan fingerprint density at radius 2 is 1.16 bits per heavy atom. The van der Waals surface area contributed by atoms with Gasteiger partial charge >= 0.3 is 0 Å². The molecule has 3 atom stereocenters. The molecule has 44 heavy (non-hydrogen) atoms. The fraction of sp³-hybridized carbons (Fsp3) is 0.231. The van der Waals surface area contributed by atoms with Crippen LogP contribution in [-0.4, -0.2) is 20.4 Å². The van der Waals surface area contributed by atoms with Gasteiger partial charge in [-0.25, -0.2) is 0 Å². The van der Waals surface area contributed by atoms with Crippen molar-refractivity contribution in [1.29, 1.82) is 0 Å². The van der Waals surface area contributed by atoms with Crippen LogP contribution in [0.25, 0.3) is 22.3 Å². The summed E-state index contributed by atoms with van der Waals surface area (Å²) in [5.74, 6) is 0.677. The summed E-state index contributed by atoms with van der Waals surface area (Å²) < 4.78 is 1.11. The fourth-order valence-corrected chi connectivity index (χ4v) is 6.60. The second-order valence-corrected chi connectivity index (χ2v) is 13.1. The van der Waals surface area contributed by atoms with E-state index in [4.69, 9.17) is 0 Å². The van der Waals surface area contributed by atoms with Crippen molar-refractivity contribution >= 4 is 22.6 Å². The van der Waals surface area contributed by atoms with Crippen LogP contribution >= 0.6 is 22.6 Å². The van der Waals surface area contributed by atoms with E-state index in [1.807, 2.05) is 36.4 Å². The van der Waals surface area contributed by atoms with Crippen LogP contribution in [0.2, 0.25) is 0 Å². The smallest absolute Gasteiger partial charge is 0.122 e. The number of hydrogen-bond acceptors (Lipinski definition) is 4. The topological polar surface area (TPSA) is 80.9 Å². The minimum Gasteiger partial charge on any atom is -0.508 e. The SMILES string of the molecule is CCC(C)c1cc(-c2ccc(O)cc2)cc(C(c2ccc(I)cc2)C(C)(CC)c2cc(-c3ccc(O)cc3)ccc2O)c1O. The van der Waals surface area contributed by atoms with Crippen LogP contribution in [0.4, 0.5) is 0 Å². The van der Waals surface area contributed by atoms with Crippen molar-refractivity contribution in [2.24, 2.45) is 0 Å². The lowest BCUT2D eigenvalue weighted by Crippen LogP contribution is -2.31. The van der Waals surface area contributed by atoms with Gasteiger partial charge in [-0.3, -0.25) is 0 Å². The summed E-state index contributed by atoms with van der Waals surface area (Å²) in [4.78, 5) is 0. The van der Waals surface area contributed by atoms with Crippen molar-refractivity contribution in [3.63, 3.8) is 0 Å². The molecule has 5 rings (SSSR count). The molecule has 4 N–H and O–H groups in total. The lowest BCUT2D eigenvalue weighted by atomic mass is 9.63. The summed E-state index contributed by atoms with van der Waals surface area (Å²) in [6, 6.07) is 32.5. The summed E-state index contributed by atoms with van der Waals surface area (Å²) in [6.07, 6.45) is 1.54. The maximum atomic E-state index is 12.1. The second kappa shape index (κ2) is 12.9. The van der Waals surface area contributed by atoms with Crippen molar-refractivity contribution < 1.29 is 20.4 Å². The normalized spacial score (nSPS) is 14.1. The Balaban J connectivity index is 1.80. The molecule has 0 aliphatic rings. The molecule has 0 aliphatic heterocycles. The number of aromatic hydroxyl groups is 4. The van der Waals surface area contributed by atoms with Crippen molar-refractivity contribution in [1.82, 2.24) is 0 Å². The third-order valence-electron chi connectivity index (χ3n) is 9.21. The first-order chi connectivity index (χ1) is 21.0. The van der Waals surface area contributed by atoms with Crippen LogP contribution in [0.1, 0.15) is 74.6 Å². The van der Waals surface area contributed by atoms with E-state index < -0.39 is 5.41 Å². The molecular formula is C39H39IO4. The first-order valence-electron chi connectivity index (χ1n) is 15.1. The van der Waals surface area contributed by atoms with Gasteiger partial charge < -0.3 is 20.4 Å². The summed E-state index contributed by atoms with van der Waals surface area (Å²) in [7, 11) is 0. The quantitative estimate of drug-likeness (QED) is 0.116. The molecule has 5 heteroatoms. The summed E-state index contributed by atoms with van der Waals surface area (Å²) in [5.41, 5.74) is 6.64. The van der Waals surface area contributed by atoms with E-state index in [0.29, 0.717) is 6.42 Å². The van der Waals surface area contributed by atoms with E-state index in [0.717, 1.165) is 54.5 Å². The van der Waals surface area contributed by atoms with Crippen LogP contribution in [0.3, 0.4) is 0 Å². The first-order valence-corrected chi connectivity index (χ1v) is 16.2. The largest absolute Gasteiger partial charge is 0.508 e. The Bertz CT molecular complexity index is 1740. The zero-order chi connectivity index (χ0) is 31.6. The van der Waals surface area contributed by atoms with Gasteiger partial charge in [-0.1, -0.05) is 70.2 Å². The number of benzene rings is 5. The Morgan fingerprint density at radius 1 is 0.636 bits per heavy atom. The van der Waals surface area contributed by atoms with Crippen LogP contribution < -0.4 is 0 Å². The molecule has 0 saturated heterocycles. The highest BCUT2D eigenvalue weighted by atomic mass is 127. The maximum Gasteiger partial charge on any atom is 0.122 e. The summed E-state index contributed by atoms with van der Waals surface area (Å²) in [5, 5.41) is 43.4. The molecule has 3 unspecified atom stereocenters. The fourth-order valence-electron chi connectivity index (χ4n) is 6.24. The third-order valence-corrected chi connectivity index (χ3v) is 9.93. The molecule has 0 spiro atoms. The van der Waals surface area contributed by atoms with Crippen molar-refractivity contribution in [2.45, 2.75) is 57.8 Å². The third kappa shape index (κ3) is 6.16. The zero-order valence-electron chi connectivity index (χ0n) is 25.6. The molecule has 0 heterocycles. The number of phenols is 4. The van der Waals surface area contributed by atoms with Gasteiger partial charge in [-0.2, -0.15) is 0 Å². The van der Waals surface area contributed by atoms with Gasteiger partial charge in [0.15, 0.2) is 0 Å². The number of rotatable bonds is 9. The number of hydrogen-bond donors (Lipinski definition) is 4. The van der Waals surface area contributed by atoms with Gasteiger partial charge in [0.25, 0.3) is 0 Å². The summed E-state index contributed by atoms with van der Waals surface area (Å²) >= 11 is 2.31. The molecule has 0 radical (unpaired) electrons. The standard InChI is InChI=1S/C39H39IO4/c1-5-24(3)33-21-29(26-11-18-32(42)19-12-26)22-34(38(33)44)37(27-7-14-30(40)15-8-27)39(4,6-2)35-23-28(13-20-36(35)43)25-9-16-31(41)17-10-25/h7-24,37,41-44H,5-6H2,1-4H3. The molecule has 5 aromatic rings. The molecule has 4 nitrogen and oxygen atoms in total. The van der Waals surface area contributed by atoms with Crippen LogP contribution in [0.5, 0.6) is 23.0 Å². The molecular weight excluding hydrogens is 659 g/mol. The average Bonchev–Trinajstić information content (AvgIpc) is 3.03. The molecule has 0 amide bonds. The Labute approximate surface area is 273 Å². The molecule has 0 aliphatic carbocycles. The maximum absolute atomic E-state index is 12.1. The minimum atomic E-state index is -0.637. The van der Waals surface area contributed by atoms with Gasteiger partial charge in [0.05, 0.1) is 0 Å². The van der Waals surface area contributed by atoms with Gasteiger partial charge in [-0.05, 0) is 135 Å². The van der Waals surface area contributed by atoms with Gasteiger partial charge in [-0.15, -0.1) is 0 Å². The second-order valence-electron chi connectivity index (χ2n) is 11.9. The number of halogens is 1. The molecule has 0 aromatic heterocycles. The Kier molecular flexibility index (Phi) is 9.26. The predicted molar refractivity (Wildman–Crippen MR) is 188 cm³/mol.